The molecule has 0 radical (unpaired) electrons. The van der Waals surface area contributed by atoms with Crippen molar-refractivity contribution in [2.75, 3.05) is 0 Å². The molecule has 0 fully saturated rings. The van der Waals surface area contributed by atoms with Crippen LogP contribution in [0.3, 0.4) is 0 Å². The molecule has 78 valence electrons. The molecular weight excluding hydrogens is 194 g/mol. The fourth-order valence-corrected chi connectivity index (χ4v) is 1.33. The van der Waals surface area contributed by atoms with E-state index in [0.29, 0.717) is 11.5 Å². The molecule has 0 aromatic carbocycles. The lowest BCUT2D eigenvalue weighted by Crippen LogP contribution is -2.10. The monoisotopic (exact) mass is 205 g/mol. The van der Waals surface area contributed by atoms with E-state index in [1.54, 1.807) is 0 Å². The van der Waals surface area contributed by atoms with E-state index in [4.69, 9.17) is 0 Å². The Kier molecular flexibility index (Phi) is 2.57. The van der Waals surface area contributed by atoms with Crippen LogP contribution in [-0.4, -0.2) is 25.4 Å². The molecule has 0 aliphatic heterocycles. The third kappa shape index (κ3) is 2.09. The number of hydrogen-bond acceptors (Lipinski definition) is 4. The van der Waals surface area contributed by atoms with Crippen LogP contribution < -0.4 is 5.56 Å². The summed E-state index contributed by atoms with van der Waals surface area (Å²) in [5.41, 5.74) is 1.16. The van der Waals surface area contributed by atoms with Crippen molar-refractivity contribution >= 4 is 0 Å². The molecule has 2 aromatic rings. The molecule has 0 amide bonds. The minimum absolute atomic E-state index is 0.161. The smallest absolute Gasteiger partial charge is 0.251 e. The molecule has 0 saturated heterocycles. The van der Waals surface area contributed by atoms with Gasteiger partial charge in [0, 0.05) is 11.8 Å². The summed E-state index contributed by atoms with van der Waals surface area (Å²) in [5, 5.41) is 10.0. The van der Waals surface area contributed by atoms with Crippen LogP contribution in [0.5, 0.6) is 0 Å². The van der Waals surface area contributed by atoms with Crippen molar-refractivity contribution in [1.29, 1.82) is 0 Å². The molecule has 0 aliphatic rings. The Bertz CT molecular complexity index is 487. The van der Waals surface area contributed by atoms with Crippen LogP contribution in [0.15, 0.2) is 17.1 Å². The van der Waals surface area contributed by atoms with Crippen LogP contribution in [0.25, 0.3) is 11.5 Å². The van der Waals surface area contributed by atoms with Crippen molar-refractivity contribution in [2.24, 2.45) is 0 Å². The summed E-state index contributed by atoms with van der Waals surface area (Å²) in [6, 6.07) is 1.51. The van der Waals surface area contributed by atoms with Crippen LogP contribution in [0.2, 0.25) is 0 Å². The first-order chi connectivity index (χ1) is 7.29. The summed E-state index contributed by atoms with van der Waals surface area (Å²) < 4.78 is 0. The Balaban J connectivity index is 2.44. The molecule has 0 aliphatic carbocycles. The number of aromatic amines is 2. The predicted octanol–water partition coefficient (Wildman–Crippen LogP) is 0.507. The van der Waals surface area contributed by atoms with E-state index in [1.807, 2.05) is 6.92 Å². The van der Waals surface area contributed by atoms with E-state index in [2.05, 4.69) is 25.4 Å². The second-order valence-corrected chi connectivity index (χ2v) is 3.19. The summed E-state index contributed by atoms with van der Waals surface area (Å²) in [6.07, 6.45) is 3.26. The summed E-state index contributed by atoms with van der Waals surface area (Å²) in [5.74, 6) is 0.458. The second kappa shape index (κ2) is 4.04. The zero-order chi connectivity index (χ0) is 10.7. The summed E-state index contributed by atoms with van der Waals surface area (Å²) in [6.45, 7) is 2.04. The van der Waals surface area contributed by atoms with Crippen LogP contribution in [-0.2, 0) is 6.42 Å². The minimum Gasteiger partial charge on any atom is -0.305 e. The fraction of sp³-hybridized carbons (Fsp3) is 0.333. The van der Waals surface area contributed by atoms with Crippen molar-refractivity contribution in [1.82, 2.24) is 25.4 Å². The number of nitrogens with zero attached hydrogens (tertiary/aromatic N) is 3. The molecule has 2 aromatic heterocycles. The van der Waals surface area contributed by atoms with Gasteiger partial charge < -0.3 is 4.98 Å². The van der Waals surface area contributed by atoms with Gasteiger partial charge in [0.1, 0.15) is 5.69 Å². The lowest BCUT2D eigenvalue weighted by atomic mass is 10.2. The predicted molar refractivity (Wildman–Crippen MR) is 54.2 cm³/mol. The van der Waals surface area contributed by atoms with Gasteiger partial charge in [-0.2, -0.15) is 15.4 Å². The van der Waals surface area contributed by atoms with E-state index < -0.39 is 0 Å². The molecule has 2 heterocycles. The first kappa shape index (κ1) is 9.57. The Morgan fingerprint density at radius 3 is 3.00 bits per heavy atom. The highest BCUT2D eigenvalue weighted by atomic mass is 16.1. The lowest BCUT2D eigenvalue weighted by molar-refractivity contribution is 0.866. The second-order valence-electron chi connectivity index (χ2n) is 3.19. The van der Waals surface area contributed by atoms with Gasteiger partial charge in [-0.3, -0.25) is 4.79 Å². The van der Waals surface area contributed by atoms with Gasteiger partial charge in [-0.05, 0) is 6.42 Å². The molecule has 2 rings (SSSR count). The topological polar surface area (TPSA) is 87.3 Å². The zero-order valence-electron chi connectivity index (χ0n) is 8.32. The third-order valence-electron chi connectivity index (χ3n) is 1.96. The molecule has 6 nitrogen and oxygen atoms in total. The van der Waals surface area contributed by atoms with E-state index in [0.717, 1.165) is 18.5 Å². The average Bonchev–Trinajstić information content (AvgIpc) is 2.70. The first-order valence-electron chi connectivity index (χ1n) is 4.76. The SMILES string of the molecule is CCCc1cc(=O)[nH]c(-c2cn[nH]n2)n1. The van der Waals surface area contributed by atoms with Gasteiger partial charge >= 0.3 is 0 Å². The van der Waals surface area contributed by atoms with Crippen LogP contribution in [0, 0.1) is 0 Å². The summed E-state index contributed by atoms with van der Waals surface area (Å²) in [4.78, 5) is 18.2. The highest BCUT2D eigenvalue weighted by molar-refractivity contribution is 5.45. The fourth-order valence-electron chi connectivity index (χ4n) is 1.33. The number of rotatable bonds is 3. The maximum absolute atomic E-state index is 11.3. The molecule has 6 heteroatoms. The first-order valence-corrected chi connectivity index (χ1v) is 4.76. The Morgan fingerprint density at radius 1 is 1.47 bits per heavy atom. The maximum atomic E-state index is 11.3. The molecular formula is C9H11N5O. The quantitative estimate of drug-likeness (QED) is 0.764. The molecule has 0 unspecified atom stereocenters. The van der Waals surface area contributed by atoms with Crippen molar-refractivity contribution in [3.05, 3.63) is 28.3 Å². The van der Waals surface area contributed by atoms with Gasteiger partial charge in [0.15, 0.2) is 5.82 Å². The van der Waals surface area contributed by atoms with Gasteiger partial charge in [-0.15, -0.1) is 0 Å². The van der Waals surface area contributed by atoms with Gasteiger partial charge in [0.2, 0.25) is 0 Å². The van der Waals surface area contributed by atoms with Crippen LogP contribution in [0.1, 0.15) is 19.0 Å². The van der Waals surface area contributed by atoms with Gasteiger partial charge in [-0.25, -0.2) is 4.98 Å². The summed E-state index contributed by atoms with van der Waals surface area (Å²) in [7, 11) is 0. The van der Waals surface area contributed by atoms with E-state index >= 15 is 0 Å². The molecule has 0 bridgehead atoms. The number of aryl methyl sites for hydroxylation is 1. The van der Waals surface area contributed by atoms with E-state index in [1.165, 1.54) is 12.3 Å². The van der Waals surface area contributed by atoms with Crippen molar-refractivity contribution in [3.63, 3.8) is 0 Å². The minimum atomic E-state index is -0.161. The normalized spacial score (nSPS) is 10.5. The maximum Gasteiger partial charge on any atom is 0.251 e. The summed E-state index contributed by atoms with van der Waals surface area (Å²) >= 11 is 0. The van der Waals surface area contributed by atoms with E-state index in [-0.39, 0.29) is 5.56 Å². The van der Waals surface area contributed by atoms with Gasteiger partial charge in [0.25, 0.3) is 5.56 Å². The molecule has 0 spiro atoms. The zero-order valence-corrected chi connectivity index (χ0v) is 8.32. The number of aromatic nitrogens is 5. The Labute approximate surface area is 85.8 Å². The molecule has 2 N–H and O–H groups in total. The van der Waals surface area contributed by atoms with Crippen molar-refractivity contribution in [3.8, 4) is 11.5 Å². The van der Waals surface area contributed by atoms with Gasteiger partial charge in [0.05, 0.1) is 6.20 Å². The number of hydrogen-bond donors (Lipinski definition) is 2. The highest BCUT2D eigenvalue weighted by Gasteiger charge is 2.05. The lowest BCUT2D eigenvalue weighted by Gasteiger charge is -1.99. The Morgan fingerprint density at radius 2 is 2.33 bits per heavy atom. The number of H-pyrrole nitrogens is 2. The van der Waals surface area contributed by atoms with Crippen LogP contribution >= 0.6 is 0 Å². The van der Waals surface area contributed by atoms with Crippen LogP contribution in [0.4, 0.5) is 0 Å². The van der Waals surface area contributed by atoms with E-state index in [9.17, 15) is 4.79 Å². The average molecular weight is 205 g/mol. The third-order valence-corrected chi connectivity index (χ3v) is 1.96. The van der Waals surface area contributed by atoms with Crippen molar-refractivity contribution < 1.29 is 0 Å². The Hall–Kier alpha value is -1.98. The molecule has 15 heavy (non-hydrogen) atoms. The van der Waals surface area contributed by atoms with Gasteiger partial charge in [-0.1, -0.05) is 13.3 Å². The standard InChI is InChI=1S/C9H11N5O/c1-2-3-6-4-8(15)12-9(11-6)7-5-10-14-13-7/h4-5H,2-3H2,1H3,(H,10,13,14)(H,11,12,15). The van der Waals surface area contributed by atoms with Crippen molar-refractivity contribution in [2.45, 2.75) is 19.8 Å². The molecule has 0 atom stereocenters. The molecule has 0 saturated carbocycles. The largest absolute Gasteiger partial charge is 0.305 e. The number of nitrogens with one attached hydrogen (secondary N) is 2. The highest BCUT2D eigenvalue weighted by Crippen LogP contribution is 2.07.